The standard InChI is InChI=1S/C11H11FN4O/c12-8-9(15-11(14)16-10(8)13)7-3-1-2-6(4-7)5-17/h1-4,17H,5H2,(H4,13,14,15,16). The topological polar surface area (TPSA) is 98.0 Å². The highest BCUT2D eigenvalue weighted by atomic mass is 19.1. The molecule has 0 bridgehead atoms. The fraction of sp³-hybridized carbons (Fsp3) is 0.0909. The maximum absolute atomic E-state index is 13.7. The van der Waals surface area contributed by atoms with Gasteiger partial charge in [0.1, 0.15) is 5.69 Å². The molecule has 0 amide bonds. The smallest absolute Gasteiger partial charge is 0.222 e. The molecule has 1 aromatic carbocycles. The molecule has 0 unspecified atom stereocenters. The third-order valence-corrected chi connectivity index (χ3v) is 2.28. The quantitative estimate of drug-likeness (QED) is 0.718. The maximum Gasteiger partial charge on any atom is 0.222 e. The van der Waals surface area contributed by atoms with Crippen LogP contribution in [0.5, 0.6) is 0 Å². The first kappa shape index (κ1) is 11.3. The number of nitrogens with two attached hydrogens (primary N) is 2. The Labute approximate surface area is 96.9 Å². The van der Waals surface area contributed by atoms with Crippen LogP contribution in [0.1, 0.15) is 5.56 Å². The van der Waals surface area contributed by atoms with Crippen molar-refractivity contribution in [3.8, 4) is 11.3 Å². The number of nitrogen functional groups attached to an aromatic ring is 2. The second kappa shape index (κ2) is 4.34. The van der Waals surface area contributed by atoms with Crippen LogP contribution in [0.25, 0.3) is 11.3 Å². The average Bonchev–Trinajstić information content (AvgIpc) is 2.34. The van der Waals surface area contributed by atoms with Gasteiger partial charge < -0.3 is 16.6 Å². The lowest BCUT2D eigenvalue weighted by molar-refractivity contribution is 0.282. The Morgan fingerprint density at radius 1 is 1.24 bits per heavy atom. The number of benzene rings is 1. The first-order valence-corrected chi connectivity index (χ1v) is 4.90. The highest BCUT2D eigenvalue weighted by Crippen LogP contribution is 2.24. The molecule has 0 atom stereocenters. The molecule has 5 N–H and O–H groups in total. The van der Waals surface area contributed by atoms with E-state index in [1.165, 1.54) is 0 Å². The normalized spacial score (nSPS) is 10.5. The lowest BCUT2D eigenvalue weighted by Gasteiger charge is -2.06. The van der Waals surface area contributed by atoms with Crippen LogP contribution in [-0.4, -0.2) is 15.1 Å². The molecule has 0 saturated carbocycles. The second-order valence-corrected chi connectivity index (χ2v) is 3.49. The second-order valence-electron chi connectivity index (χ2n) is 3.49. The van der Waals surface area contributed by atoms with Crippen LogP contribution in [0, 0.1) is 5.82 Å². The molecule has 2 aromatic rings. The number of aliphatic hydroxyl groups is 1. The largest absolute Gasteiger partial charge is 0.392 e. The zero-order valence-corrected chi connectivity index (χ0v) is 8.89. The van der Waals surface area contributed by atoms with E-state index >= 15 is 0 Å². The zero-order valence-electron chi connectivity index (χ0n) is 8.89. The minimum atomic E-state index is -0.714. The molecule has 0 aliphatic rings. The van der Waals surface area contributed by atoms with Gasteiger partial charge in [-0.05, 0) is 11.6 Å². The van der Waals surface area contributed by atoms with Gasteiger partial charge in [-0.2, -0.15) is 4.98 Å². The van der Waals surface area contributed by atoms with Crippen molar-refractivity contribution in [2.45, 2.75) is 6.61 Å². The highest BCUT2D eigenvalue weighted by Gasteiger charge is 2.13. The molecule has 0 aliphatic carbocycles. The molecule has 0 fully saturated rings. The molecule has 17 heavy (non-hydrogen) atoms. The van der Waals surface area contributed by atoms with Crippen molar-refractivity contribution in [2.24, 2.45) is 0 Å². The Morgan fingerprint density at radius 3 is 2.71 bits per heavy atom. The number of halogens is 1. The first-order valence-electron chi connectivity index (χ1n) is 4.90. The number of nitrogens with zero attached hydrogens (tertiary/aromatic N) is 2. The van der Waals surface area contributed by atoms with Gasteiger partial charge in [-0.25, -0.2) is 9.37 Å². The SMILES string of the molecule is Nc1nc(N)c(F)c(-c2cccc(CO)c2)n1. The monoisotopic (exact) mass is 234 g/mol. The maximum atomic E-state index is 13.7. The number of anilines is 2. The van der Waals surface area contributed by atoms with E-state index in [1.54, 1.807) is 24.3 Å². The van der Waals surface area contributed by atoms with Crippen molar-refractivity contribution < 1.29 is 9.50 Å². The summed E-state index contributed by atoms with van der Waals surface area (Å²) in [5.41, 5.74) is 12.0. The summed E-state index contributed by atoms with van der Waals surface area (Å²) in [7, 11) is 0. The summed E-state index contributed by atoms with van der Waals surface area (Å²) in [6.45, 7) is -0.133. The molecule has 0 saturated heterocycles. The van der Waals surface area contributed by atoms with Gasteiger partial charge in [-0.1, -0.05) is 18.2 Å². The Bertz CT molecular complexity index is 559. The van der Waals surface area contributed by atoms with Crippen molar-refractivity contribution in [1.29, 1.82) is 0 Å². The van der Waals surface area contributed by atoms with Crippen molar-refractivity contribution in [3.05, 3.63) is 35.6 Å². The molecule has 6 heteroatoms. The number of aromatic nitrogens is 2. The van der Waals surface area contributed by atoms with Crippen LogP contribution >= 0.6 is 0 Å². The summed E-state index contributed by atoms with van der Waals surface area (Å²) in [5, 5.41) is 9.01. The lowest BCUT2D eigenvalue weighted by Crippen LogP contribution is -2.05. The van der Waals surface area contributed by atoms with Gasteiger partial charge in [0.2, 0.25) is 5.95 Å². The summed E-state index contributed by atoms with van der Waals surface area (Å²) in [6.07, 6.45) is 0. The number of hydrogen-bond acceptors (Lipinski definition) is 5. The molecule has 1 heterocycles. The van der Waals surface area contributed by atoms with Crippen LogP contribution in [-0.2, 0) is 6.61 Å². The van der Waals surface area contributed by atoms with Gasteiger partial charge in [0, 0.05) is 5.56 Å². The van der Waals surface area contributed by atoms with Crippen LogP contribution in [0.15, 0.2) is 24.3 Å². The molecule has 0 aliphatic heterocycles. The Hall–Kier alpha value is -2.21. The summed E-state index contributed by atoms with van der Waals surface area (Å²) >= 11 is 0. The molecule has 0 spiro atoms. The van der Waals surface area contributed by atoms with E-state index < -0.39 is 5.82 Å². The molecule has 0 radical (unpaired) electrons. The Balaban J connectivity index is 2.59. The van der Waals surface area contributed by atoms with Crippen LogP contribution in [0.3, 0.4) is 0 Å². The lowest BCUT2D eigenvalue weighted by atomic mass is 10.1. The van der Waals surface area contributed by atoms with Gasteiger partial charge >= 0.3 is 0 Å². The predicted octanol–water partition coefficient (Wildman–Crippen LogP) is 0.939. The molecule has 1 aromatic heterocycles. The highest BCUT2D eigenvalue weighted by molar-refractivity contribution is 5.65. The first-order chi connectivity index (χ1) is 8.11. The molecule has 2 rings (SSSR count). The predicted molar refractivity (Wildman–Crippen MR) is 62.2 cm³/mol. The Kier molecular flexibility index (Phi) is 2.88. The summed E-state index contributed by atoms with van der Waals surface area (Å²) in [6, 6.07) is 6.68. The average molecular weight is 234 g/mol. The van der Waals surface area contributed by atoms with E-state index in [9.17, 15) is 4.39 Å². The minimum Gasteiger partial charge on any atom is -0.392 e. The number of hydrogen-bond donors (Lipinski definition) is 3. The molecular weight excluding hydrogens is 223 g/mol. The van der Waals surface area contributed by atoms with Gasteiger partial charge in [0.15, 0.2) is 11.6 Å². The van der Waals surface area contributed by atoms with Crippen LogP contribution < -0.4 is 11.5 Å². The van der Waals surface area contributed by atoms with Gasteiger partial charge in [-0.3, -0.25) is 0 Å². The van der Waals surface area contributed by atoms with E-state index in [2.05, 4.69) is 9.97 Å². The van der Waals surface area contributed by atoms with Crippen molar-refractivity contribution >= 4 is 11.8 Å². The zero-order chi connectivity index (χ0) is 12.4. The Morgan fingerprint density at radius 2 is 2.00 bits per heavy atom. The van der Waals surface area contributed by atoms with E-state index in [-0.39, 0.29) is 24.1 Å². The molecule has 5 nitrogen and oxygen atoms in total. The fourth-order valence-corrected chi connectivity index (χ4v) is 1.49. The third kappa shape index (κ3) is 2.16. The van der Waals surface area contributed by atoms with Gasteiger partial charge in [0.25, 0.3) is 0 Å². The van der Waals surface area contributed by atoms with E-state index in [0.29, 0.717) is 11.1 Å². The number of rotatable bonds is 2. The van der Waals surface area contributed by atoms with E-state index in [1.807, 2.05) is 0 Å². The number of aliphatic hydroxyl groups excluding tert-OH is 1. The third-order valence-electron chi connectivity index (χ3n) is 2.28. The molecule has 88 valence electrons. The summed E-state index contributed by atoms with van der Waals surface area (Å²) < 4.78 is 13.7. The van der Waals surface area contributed by atoms with Gasteiger partial charge in [0.05, 0.1) is 6.61 Å². The van der Waals surface area contributed by atoms with Crippen LogP contribution in [0.2, 0.25) is 0 Å². The van der Waals surface area contributed by atoms with Crippen LogP contribution in [0.4, 0.5) is 16.2 Å². The summed E-state index contributed by atoms with van der Waals surface area (Å²) in [4.78, 5) is 7.33. The van der Waals surface area contributed by atoms with Crippen molar-refractivity contribution in [3.63, 3.8) is 0 Å². The molecular formula is C11H11FN4O. The van der Waals surface area contributed by atoms with E-state index in [4.69, 9.17) is 16.6 Å². The summed E-state index contributed by atoms with van der Waals surface area (Å²) in [5.74, 6) is -1.09. The van der Waals surface area contributed by atoms with E-state index in [0.717, 1.165) is 0 Å². The fourth-order valence-electron chi connectivity index (χ4n) is 1.49. The van der Waals surface area contributed by atoms with Gasteiger partial charge in [-0.15, -0.1) is 0 Å². The van der Waals surface area contributed by atoms with Crippen molar-refractivity contribution in [1.82, 2.24) is 9.97 Å². The minimum absolute atomic E-state index is 0.0327. The van der Waals surface area contributed by atoms with Crippen molar-refractivity contribution in [2.75, 3.05) is 11.5 Å².